The van der Waals surface area contributed by atoms with Crippen LogP contribution in [0.3, 0.4) is 0 Å². The van der Waals surface area contributed by atoms with Crippen LogP contribution in [0.15, 0.2) is 24.3 Å². The standard InChI is InChI=1S/C16H24N2/c1-12(9-15-7-4-8-17-15)18-16-10-13-5-2-3-6-14(13)11-16/h2-3,5-6,12,15-18H,4,7-11H2,1H3. The van der Waals surface area contributed by atoms with Crippen molar-refractivity contribution in [2.45, 2.75) is 57.2 Å². The third-order valence-electron chi connectivity index (χ3n) is 4.37. The minimum Gasteiger partial charge on any atom is -0.314 e. The third kappa shape index (κ3) is 2.76. The molecule has 1 heterocycles. The molecule has 18 heavy (non-hydrogen) atoms. The van der Waals surface area contributed by atoms with Gasteiger partial charge in [0.15, 0.2) is 0 Å². The van der Waals surface area contributed by atoms with Gasteiger partial charge in [0.25, 0.3) is 0 Å². The molecule has 2 aliphatic rings. The smallest absolute Gasteiger partial charge is 0.0151 e. The fourth-order valence-corrected chi connectivity index (χ4v) is 3.53. The van der Waals surface area contributed by atoms with Crippen LogP contribution in [-0.2, 0) is 12.8 Å². The molecule has 2 nitrogen and oxygen atoms in total. The van der Waals surface area contributed by atoms with Crippen LogP contribution in [0.25, 0.3) is 0 Å². The SMILES string of the molecule is CC(CC1CCCN1)NC1Cc2ccccc2C1. The molecule has 1 aromatic rings. The van der Waals surface area contributed by atoms with E-state index in [1.165, 1.54) is 38.6 Å². The lowest BCUT2D eigenvalue weighted by Gasteiger charge is -2.22. The van der Waals surface area contributed by atoms with Gasteiger partial charge in [-0.05, 0) is 56.7 Å². The Balaban J connectivity index is 1.49. The molecule has 98 valence electrons. The highest BCUT2D eigenvalue weighted by Crippen LogP contribution is 2.22. The maximum Gasteiger partial charge on any atom is 0.0151 e. The van der Waals surface area contributed by atoms with Gasteiger partial charge in [-0.25, -0.2) is 0 Å². The molecule has 0 amide bonds. The summed E-state index contributed by atoms with van der Waals surface area (Å²) >= 11 is 0. The topological polar surface area (TPSA) is 24.1 Å². The summed E-state index contributed by atoms with van der Waals surface area (Å²) in [5.74, 6) is 0. The second kappa shape index (κ2) is 5.41. The van der Waals surface area contributed by atoms with Crippen molar-refractivity contribution < 1.29 is 0 Å². The Hall–Kier alpha value is -0.860. The number of benzene rings is 1. The number of hydrogen-bond acceptors (Lipinski definition) is 2. The van der Waals surface area contributed by atoms with Crippen LogP contribution >= 0.6 is 0 Å². The monoisotopic (exact) mass is 244 g/mol. The Morgan fingerprint density at radius 2 is 2.00 bits per heavy atom. The van der Waals surface area contributed by atoms with Crippen molar-refractivity contribution in [1.29, 1.82) is 0 Å². The summed E-state index contributed by atoms with van der Waals surface area (Å²) in [5.41, 5.74) is 3.09. The van der Waals surface area contributed by atoms with Gasteiger partial charge in [-0.15, -0.1) is 0 Å². The summed E-state index contributed by atoms with van der Waals surface area (Å²) in [5, 5.41) is 7.40. The minimum absolute atomic E-state index is 0.625. The van der Waals surface area contributed by atoms with Crippen LogP contribution in [-0.4, -0.2) is 24.7 Å². The molecule has 0 bridgehead atoms. The van der Waals surface area contributed by atoms with E-state index in [0.29, 0.717) is 12.1 Å². The number of hydrogen-bond donors (Lipinski definition) is 2. The van der Waals surface area contributed by atoms with E-state index in [2.05, 4.69) is 41.8 Å². The lowest BCUT2D eigenvalue weighted by atomic mass is 10.1. The average Bonchev–Trinajstić information content (AvgIpc) is 2.96. The number of nitrogens with one attached hydrogen (secondary N) is 2. The first kappa shape index (κ1) is 12.2. The first-order valence-corrected chi connectivity index (χ1v) is 7.37. The summed E-state index contributed by atoms with van der Waals surface area (Å²) in [6.45, 7) is 3.55. The van der Waals surface area contributed by atoms with Gasteiger partial charge in [0.05, 0.1) is 0 Å². The van der Waals surface area contributed by atoms with E-state index in [1.54, 1.807) is 11.1 Å². The van der Waals surface area contributed by atoms with Crippen molar-refractivity contribution in [2.75, 3.05) is 6.54 Å². The van der Waals surface area contributed by atoms with Crippen molar-refractivity contribution >= 4 is 0 Å². The molecular weight excluding hydrogens is 220 g/mol. The fraction of sp³-hybridized carbons (Fsp3) is 0.625. The molecule has 2 unspecified atom stereocenters. The molecule has 2 heteroatoms. The number of fused-ring (bicyclic) bond motifs is 1. The molecular formula is C16H24N2. The van der Waals surface area contributed by atoms with Gasteiger partial charge in [0.2, 0.25) is 0 Å². The first-order chi connectivity index (χ1) is 8.81. The Bertz CT molecular complexity index is 371. The predicted octanol–water partition coefficient (Wildman–Crippen LogP) is 2.27. The van der Waals surface area contributed by atoms with Crippen molar-refractivity contribution in [3.63, 3.8) is 0 Å². The summed E-state index contributed by atoms with van der Waals surface area (Å²) in [7, 11) is 0. The maximum absolute atomic E-state index is 3.81. The summed E-state index contributed by atoms with van der Waals surface area (Å²) < 4.78 is 0. The largest absolute Gasteiger partial charge is 0.314 e. The molecule has 2 N–H and O–H groups in total. The molecule has 0 aromatic heterocycles. The molecule has 0 radical (unpaired) electrons. The summed E-state index contributed by atoms with van der Waals surface area (Å²) in [6, 6.07) is 10.9. The van der Waals surface area contributed by atoms with Crippen LogP contribution in [0.4, 0.5) is 0 Å². The van der Waals surface area contributed by atoms with E-state index in [0.717, 1.165) is 6.04 Å². The molecule has 1 aliphatic carbocycles. The number of rotatable bonds is 4. The van der Waals surface area contributed by atoms with Crippen molar-refractivity contribution in [3.05, 3.63) is 35.4 Å². The summed E-state index contributed by atoms with van der Waals surface area (Å²) in [4.78, 5) is 0. The molecule has 1 fully saturated rings. The molecule has 1 aliphatic heterocycles. The zero-order chi connectivity index (χ0) is 12.4. The van der Waals surface area contributed by atoms with Gasteiger partial charge in [-0.1, -0.05) is 24.3 Å². The van der Waals surface area contributed by atoms with Gasteiger partial charge >= 0.3 is 0 Å². The average molecular weight is 244 g/mol. The lowest BCUT2D eigenvalue weighted by molar-refractivity contribution is 0.396. The molecule has 1 saturated heterocycles. The maximum atomic E-state index is 3.81. The van der Waals surface area contributed by atoms with Crippen LogP contribution in [0.1, 0.15) is 37.3 Å². The van der Waals surface area contributed by atoms with Crippen LogP contribution in [0.2, 0.25) is 0 Å². The van der Waals surface area contributed by atoms with Crippen molar-refractivity contribution in [3.8, 4) is 0 Å². The highest BCUT2D eigenvalue weighted by Gasteiger charge is 2.23. The second-order valence-corrected chi connectivity index (χ2v) is 5.97. The quantitative estimate of drug-likeness (QED) is 0.849. The van der Waals surface area contributed by atoms with Crippen molar-refractivity contribution in [2.24, 2.45) is 0 Å². The lowest BCUT2D eigenvalue weighted by Crippen LogP contribution is -2.40. The molecule has 1 aromatic carbocycles. The van der Waals surface area contributed by atoms with Crippen molar-refractivity contribution in [1.82, 2.24) is 10.6 Å². The fourth-order valence-electron chi connectivity index (χ4n) is 3.53. The molecule has 3 rings (SSSR count). The van der Waals surface area contributed by atoms with E-state index in [4.69, 9.17) is 0 Å². The predicted molar refractivity (Wildman–Crippen MR) is 75.9 cm³/mol. The van der Waals surface area contributed by atoms with E-state index >= 15 is 0 Å². The Kier molecular flexibility index (Phi) is 3.67. The van der Waals surface area contributed by atoms with E-state index in [9.17, 15) is 0 Å². The highest BCUT2D eigenvalue weighted by molar-refractivity contribution is 5.33. The molecule has 0 spiro atoms. The van der Waals surface area contributed by atoms with Crippen LogP contribution in [0, 0.1) is 0 Å². The van der Waals surface area contributed by atoms with Gasteiger partial charge in [0, 0.05) is 18.1 Å². The zero-order valence-corrected chi connectivity index (χ0v) is 11.3. The normalized spacial score (nSPS) is 25.3. The van der Waals surface area contributed by atoms with Gasteiger partial charge < -0.3 is 10.6 Å². The Labute approximate surface area is 110 Å². The van der Waals surface area contributed by atoms with Gasteiger partial charge in [-0.2, -0.15) is 0 Å². The third-order valence-corrected chi connectivity index (χ3v) is 4.37. The van der Waals surface area contributed by atoms with Gasteiger partial charge in [0.1, 0.15) is 0 Å². The van der Waals surface area contributed by atoms with E-state index in [1.807, 2.05) is 0 Å². The Morgan fingerprint density at radius 1 is 1.28 bits per heavy atom. The highest BCUT2D eigenvalue weighted by atomic mass is 15.0. The van der Waals surface area contributed by atoms with Crippen LogP contribution in [0.5, 0.6) is 0 Å². The first-order valence-electron chi connectivity index (χ1n) is 7.37. The van der Waals surface area contributed by atoms with E-state index in [-0.39, 0.29) is 0 Å². The van der Waals surface area contributed by atoms with E-state index < -0.39 is 0 Å². The molecule has 2 atom stereocenters. The van der Waals surface area contributed by atoms with Crippen LogP contribution < -0.4 is 10.6 Å². The Morgan fingerprint density at radius 3 is 2.61 bits per heavy atom. The minimum atomic E-state index is 0.625. The van der Waals surface area contributed by atoms with Gasteiger partial charge in [-0.3, -0.25) is 0 Å². The zero-order valence-electron chi connectivity index (χ0n) is 11.3. The molecule has 0 saturated carbocycles. The summed E-state index contributed by atoms with van der Waals surface area (Å²) in [6.07, 6.45) is 6.40. The second-order valence-electron chi connectivity index (χ2n) is 5.97.